The smallest absolute Gasteiger partial charge is 0.227 e. The van der Waals surface area contributed by atoms with Crippen molar-refractivity contribution in [3.63, 3.8) is 0 Å². The number of nitrogens with zero attached hydrogens (tertiary/aromatic N) is 3. The summed E-state index contributed by atoms with van der Waals surface area (Å²) in [6, 6.07) is 7.85. The third-order valence-corrected chi connectivity index (χ3v) is 2.64. The zero-order valence-electron chi connectivity index (χ0n) is 9.93. The summed E-state index contributed by atoms with van der Waals surface area (Å²) in [5.41, 5.74) is 6.68. The van der Waals surface area contributed by atoms with E-state index in [4.69, 9.17) is 22.1 Å². The maximum Gasteiger partial charge on any atom is 0.227 e. The Bertz CT molecular complexity index is 510. The fraction of sp³-hybridized carbons (Fsp3) is 0.250. The molecule has 0 spiro atoms. The average Bonchev–Trinajstić information content (AvgIpc) is 2.36. The molecular formula is C12H13ClN4O. The highest BCUT2D eigenvalue weighted by molar-refractivity contribution is 6.28. The van der Waals surface area contributed by atoms with Crippen molar-refractivity contribution in [3.05, 3.63) is 40.9 Å². The molecule has 0 amide bonds. The van der Waals surface area contributed by atoms with Crippen molar-refractivity contribution in [1.82, 2.24) is 15.0 Å². The zero-order valence-corrected chi connectivity index (χ0v) is 10.7. The predicted molar refractivity (Wildman–Crippen MR) is 69.7 cm³/mol. The summed E-state index contributed by atoms with van der Waals surface area (Å²) in [6.07, 6.45) is 1.47. The van der Waals surface area contributed by atoms with Crippen LogP contribution in [0.25, 0.3) is 0 Å². The van der Waals surface area contributed by atoms with Gasteiger partial charge >= 0.3 is 0 Å². The van der Waals surface area contributed by atoms with Crippen LogP contribution in [-0.4, -0.2) is 22.1 Å². The van der Waals surface area contributed by atoms with E-state index in [1.54, 1.807) is 7.11 Å². The molecule has 0 saturated heterocycles. The lowest BCUT2D eigenvalue weighted by Crippen LogP contribution is -2.04. The summed E-state index contributed by atoms with van der Waals surface area (Å²) >= 11 is 5.71. The first kappa shape index (κ1) is 12.6. The molecule has 1 aromatic heterocycles. The Labute approximate surface area is 110 Å². The molecule has 18 heavy (non-hydrogen) atoms. The van der Waals surface area contributed by atoms with Gasteiger partial charge in [-0.05, 0) is 35.7 Å². The lowest BCUT2D eigenvalue weighted by Gasteiger charge is -2.03. The molecule has 1 aromatic carbocycles. The minimum absolute atomic E-state index is 0.132. The van der Waals surface area contributed by atoms with Gasteiger partial charge in [-0.2, -0.15) is 9.97 Å². The number of nitrogens with two attached hydrogens (primary N) is 1. The molecule has 0 bridgehead atoms. The van der Waals surface area contributed by atoms with Gasteiger partial charge in [-0.15, -0.1) is 0 Å². The quantitative estimate of drug-likeness (QED) is 0.913. The van der Waals surface area contributed by atoms with Crippen LogP contribution >= 0.6 is 11.6 Å². The Morgan fingerprint density at radius 1 is 1.11 bits per heavy atom. The van der Waals surface area contributed by atoms with E-state index in [9.17, 15) is 0 Å². The summed E-state index contributed by atoms with van der Waals surface area (Å²) in [7, 11) is 1.64. The monoisotopic (exact) mass is 264 g/mol. The summed E-state index contributed by atoms with van der Waals surface area (Å²) in [5, 5.41) is 0.132. The van der Waals surface area contributed by atoms with Gasteiger partial charge in [0, 0.05) is 6.42 Å². The topological polar surface area (TPSA) is 73.9 Å². The van der Waals surface area contributed by atoms with E-state index < -0.39 is 0 Å². The SMILES string of the molecule is COc1ccc(CCc2nc(N)nc(Cl)n2)cc1. The highest BCUT2D eigenvalue weighted by Gasteiger charge is 2.03. The average molecular weight is 265 g/mol. The fourth-order valence-corrected chi connectivity index (χ4v) is 1.75. The second-order valence-electron chi connectivity index (χ2n) is 3.73. The van der Waals surface area contributed by atoms with Gasteiger partial charge in [0.15, 0.2) is 0 Å². The number of anilines is 1. The van der Waals surface area contributed by atoms with Crippen LogP contribution in [0.5, 0.6) is 5.75 Å². The van der Waals surface area contributed by atoms with E-state index in [0.717, 1.165) is 12.2 Å². The summed E-state index contributed by atoms with van der Waals surface area (Å²) < 4.78 is 5.10. The first-order valence-electron chi connectivity index (χ1n) is 5.46. The predicted octanol–water partition coefficient (Wildman–Crippen LogP) is 1.90. The van der Waals surface area contributed by atoms with E-state index in [0.29, 0.717) is 12.2 Å². The highest BCUT2D eigenvalue weighted by atomic mass is 35.5. The molecular weight excluding hydrogens is 252 g/mol. The Morgan fingerprint density at radius 3 is 2.44 bits per heavy atom. The van der Waals surface area contributed by atoms with Crippen molar-refractivity contribution in [1.29, 1.82) is 0 Å². The van der Waals surface area contributed by atoms with Gasteiger partial charge in [-0.3, -0.25) is 0 Å². The van der Waals surface area contributed by atoms with E-state index >= 15 is 0 Å². The number of nitrogen functional groups attached to an aromatic ring is 1. The van der Waals surface area contributed by atoms with Gasteiger partial charge in [0.1, 0.15) is 11.6 Å². The first-order chi connectivity index (χ1) is 8.67. The van der Waals surface area contributed by atoms with Gasteiger partial charge in [-0.1, -0.05) is 12.1 Å². The molecule has 6 heteroatoms. The van der Waals surface area contributed by atoms with Crippen LogP contribution in [0.2, 0.25) is 5.28 Å². The van der Waals surface area contributed by atoms with Crippen LogP contribution in [0, 0.1) is 0 Å². The molecule has 2 N–H and O–H groups in total. The van der Waals surface area contributed by atoms with E-state index in [1.807, 2.05) is 24.3 Å². The first-order valence-corrected chi connectivity index (χ1v) is 5.84. The van der Waals surface area contributed by atoms with Crippen molar-refractivity contribution < 1.29 is 4.74 Å². The third-order valence-electron chi connectivity index (χ3n) is 2.47. The molecule has 0 radical (unpaired) electrons. The normalized spacial score (nSPS) is 10.3. The molecule has 2 aromatic rings. The number of rotatable bonds is 4. The number of hydrogen-bond acceptors (Lipinski definition) is 5. The fourth-order valence-electron chi connectivity index (χ4n) is 1.57. The van der Waals surface area contributed by atoms with Gasteiger partial charge < -0.3 is 10.5 Å². The molecule has 94 valence electrons. The van der Waals surface area contributed by atoms with E-state index in [2.05, 4.69) is 15.0 Å². The number of benzene rings is 1. The Hall–Kier alpha value is -1.88. The highest BCUT2D eigenvalue weighted by Crippen LogP contribution is 2.13. The zero-order chi connectivity index (χ0) is 13.0. The standard InChI is InChI=1S/C12H13ClN4O/c1-18-9-5-2-8(3-6-9)4-7-10-15-11(13)17-12(14)16-10/h2-3,5-6H,4,7H2,1H3,(H2,14,15,16,17). The van der Waals surface area contributed by atoms with E-state index in [1.165, 1.54) is 5.56 Å². The number of aromatic nitrogens is 3. The Balaban J connectivity index is 2.01. The molecule has 5 nitrogen and oxygen atoms in total. The minimum atomic E-state index is 0.132. The largest absolute Gasteiger partial charge is 0.497 e. The van der Waals surface area contributed by atoms with E-state index in [-0.39, 0.29) is 11.2 Å². The number of aryl methyl sites for hydroxylation is 2. The number of hydrogen-bond donors (Lipinski definition) is 1. The van der Waals surface area contributed by atoms with Crippen LogP contribution in [0.4, 0.5) is 5.95 Å². The van der Waals surface area contributed by atoms with Gasteiger partial charge in [-0.25, -0.2) is 4.98 Å². The van der Waals surface area contributed by atoms with Crippen molar-refractivity contribution in [2.24, 2.45) is 0 Å². The van der Waals surface area contributed by atoms with Crippen molar-refractivity contribution in [2.75, 3.05) is 12.8 Å². The molecule has 0 saturated carbocycles. The lowest BCUT2D eigenvalue weighted by molar-refractivity contribution is 0.414. The second-order valence-corrected chi connectivity index (χ2v) is 4.07. The van der Waals surface area contributed by atoms with Crippen LogP contribution < -0.4 is 10.5 Å². The Kier molecular flexibility index (Phi) is 3.94. The summed E-state index contributed by atoms with van der Waals surface area (Å²) in [4.78, 5) is 11.8. The summed E-state index contributed by atoms with van der Waals surface area (Å²) in [6.45, 7) is 0. The summed E-state index contributed by atoms with van der Waals surface area (Å²) in [5.74, 6) is 1.59. The lowest BCUT2D eigenvalue weighted by atomic mass is 10.1. The maximum atomic E-state index is 5.71. The van der Waals surface area contributed by atoms with Crippen molar-refractivity contribution in [2.45, 2.75) is 12.8 Å². The molecule has 0 aliphatic heterocycles. The molecule has 0 fully saturated rings. The van der Waals surface area contributed by atoms with Gasteiger partial charge in [0.05, 0.1) is 7.11 Å². The van der Waals surface area contributed by atoms with Crippen molar-refractivity contribution in [3.8, 4) is 5.75 Å². The molecule has 0 unspecified atom stereocenters. The number of ether oxygens (including phenoxy) is 1. The molecule has 1 heterocycles. The Morgan fingerprint density at radius 2 is 1.83 bits per heavy atom. The second kappa shape index (κ2) is 5.64. The molecule has 2 rings (SSSR count). The van der Waals surface area contributed by atoms with Crippen molar-refractivity contribution >= 4 is 17.5 Å². The number of halogens is 1. The number of methoxy groups -OCH3 is 1. The molecule has 0 atom stereocenters. The third kappa shape index (κ3) is 3.30. The van der Waals surface area contributed by atoms with Gasteiger partial charge in [0.2, 0.25) is 11.2 Å². The minimum Gasteiger partial charge on any atom is -0.497 e. The molecule has 0 aliphatic rings. The van der Waals surface area contributed by atoms with Gasteiger partial charge in [0.25, 0.3) is 0 Å². The van der Waals surface area contributed by atoms with Crippen LogP contribution in [-0.2, 0) is 12.8 Å². The van der Waals surface area contributed by atoms with Crippen LogP contribution in [0.3, 0.4) is 0 Å². The molecule has 0 aliphatic carbocycles. The van der Waals surface area contributed by atoms with Crippen LogP contribution in [0.15, 0.2) is 24.3 Å². The maximum absolute atomic E-state index is 5.71. The van der Waals surface area contributed by atoms with Crippen LogP contribution in [0.1, 0.15) is 11.4 Å².